The molecule has 3 aromatic rings. The van der Waals surface area contributed by atoms with Gasteiger partial charge in [0.05, 0.1) is 18.8 Å². The molecular weight excluding hydrogens is 750 g/mol. The third-order valence-electron chi connectivity index (χ3n) is 6.09. The van der Waals surface area contributed by atoms with Crippen LogP contribution in [-0.4, -0.2) is 83.3 Å². The largest absolute Gasteiger partial charge is 0.573 e. The maximum atomic E-state index is 12.3. The van der Waals surface area contributed by atoms with Gasteiger partial charge in [0.25, 0.3) is 0 Å². The smallest absolute Gasteiger partial charge is 0.465 e. The number of rotatable bonds is 13. The second-order valence-electron chi connectivity index (χ2n) is 9.93. The quantitative estimate of drug-likeness (QED) is 0.0490. The van der Waals surface area contributed by atoms with Crippen molar-refractivity contribution in [3.63, 3.8) is 0 Å². The molecule has 0 heterocycles. The number of esters is 3. The second-order valence-corrected chi connectivity index (χ2v) is 13.2. The van der Waals surface area contributed by atoms with Crippen molar-refractivity contribution in [1.82, 2.24) is 0 Å². The molecule has 3 rings (SSSR count). The third kappa shape index (κ3) is 14.2. The van der Waals surface area contributed by atoms with Gasteiger partial charge in [-0.2, -0.15) is 0 Å². The molecule has 1 amide bonds. The van der Waals surface area contributed by atoms with Gasteiger partial charge in [0, 0.05) is 5.56 Å². The molecule has 0 radical (unpaired) electrons. The summed E-state index contributed by atoms with van der Waals surface area (Å²) in [5, 5.41) is 11.5. The Bertz CT molecular complexity index is 1750. The Morgan fingerprint density at radius 2 is 1.39 bits per heavy atom. The number of phenols is 1. The minimum Gasteiger partial charge on any atom is -0.465 e. The van der Waals surface area contributed by atoms with Crippen LogP contribution in [0.25, 0.3) is 6.08 Å². The number of Topliss-reactive ketones (excluding diaryl/α,β-unsaturated/α-hetero) is 1. The van der Waals surface area contributed by atoms with Crippen LogP contribution in [0, 0.1) is 5.92 Å². The van der Waals surface area contributed by atoms with E-state index >= 15 is 0 Å². The van der Waals surface area contributed by atoms with Gasteiger partial charge in [-0.15, -0.1) is 13.2 Å². The predicted molar refractivity (Wildman–Crippen MR) is 173 cm³/mol. The van der Waals surface area contributed by atoms with Gasteiger partial charge in [-0.05, 0) is 43.7 Å². The van der Waals surface area contributed by atoms with Crippen LogP contribution in [0.4, 0.5) is 18.9 Å². The molecule has 274 valence electrons. The van der Waals surface area contributed by atoms with E-state index in [-0.39, 0.29) is 40.1 Å². The second kappa shape index (κ2) is 19.1. The van der Waals surface area contributed by atoms with Crippen LogP contribution in [0.15, 0.2) is 72.8 Å². The average Bonchev–Trinajstić information content (AvgIpc) is 3.04. The Labute approximate surface area is 291 Å². The number of anilines is 1. The molecule has 4 N–H and O–H groups in total. The fraction of sp³-hybridized carbons (Fsp3) is 0.242. The van der Waals surface area contributed by atoms with Gasteiger partial charge in [0.15, 0.2) is 18.3 Å². The number of ether oxygens (including phenoxy) is 4. The number of amides is 1. The molecule has 0 aliphatic carbocycles. The normalized spacial score (nSPS) is 11.2. The fourth-order valence-electron chi connectivity index (χ4n) is 3.87. The van der Waals surface area contributed by atoms with Crippen molar-refractivity contribution in [2.75, 3.05) is 25.1 Å². The number of hydrogen-bond acceptors (Lipinski definition) is 11. The molecule has 0 saturated heterocycles. The van der Waals surface area contributed by atoms with Gasteiger partial charge < -0.3 is 18.9 Å². The summed E-state index contributed by atoms with van der Waals surface area (Å²) >= 11 is -5.14. The van der Waals surface area contributed by atoms with Crippen molar-refractivity contribution in [2.24, 2.45) is 5.92 Å². The van der Waals surface area contributed by atoms with Gasteiger partial charge in [-0.1, -0.05) is 36.4 Å². The number of carbonyl (C=O) groups excluding carboxylic acids is 5. The van der Waals surface area contributed by atoms with Crippen LogP contribution in [0.1, 0.15) is 47.1 Å². The van der Waals surface area contributed by atoms with E-state index in [1.54, 1.807) is 26.0 Å². The number of benzene rings is 3. The molecule has 14 nitrogen and oxygen atoms in total. The third-order valence-corrected chi connectivity index (χ3v) is 8.19. The first-order valence-electron chi connectivity index (χ1n) is 14.7. The molecule has 0 aliphatic heterocycles. The van der Waals surface area contributed by atoms with Crippen LogP contribution in [0.5, 0.6) is 11.5 Å². The molecule has 0 bridgehead atoms. The van der Waals surface area contributed by atoms with Crippen molar-refractivity contribution in [1.29, 1.82) is 0 Å². The zero-order valence-corrected chi connectivity index (χ0v) is 29.1. The molecule has 0 saturated carbocycles. The van der Waals surface area contributed by atoms with Crippen molar-refractivity contribution < 1.29 is 73.1 Å². The molecule has 0 atom stereocenters. The zero-order chi connectivity index (χ0) is 38.4. The van der Waals surface area contributed by atoms with E-state index in [4.69, 9.17) is 22.4 Å². The van der Waals surface area contributed by atoms with Crippen molar-refractivity contribution in [2.45, 2.75) is 27.1 Å². The maximum Gasteiger partial charge on any atom is 0.573 e. The number of hydrogen-bond donors (Lipinski definition) is 4. The van der Waals surface area contributed by atoms with Gasteiger partial charge in [0.1, 0.15) is 5.75 Å². The number of phenolic OH excluding ortho intramolecular Hbond substituents is 1. The summed E-state index contributed by atoms with van der Waals surface area (Å²) < 4.78 is 83.8. The Morgan fingerprint density at radius 3 is 1.88 bits per heavy atom. The summed E-state index contributed by atoms with van der Waals surface area (Å²) in [5.41, 5.74) is 0.512. The summed E-state index contributed by atoms with van der Waals surface area (Å²) in [5.74, 6) is -5.53. The Morgan fingerprint density at radius 1 is 0.843 bits per heavy atom. The summed E-state index contributed by atoms with van der Waals surface area (Å²) in [7, 11) is 0. The molecule has 3 aromatic carbocycles. The van der Waals surface area contributed by atoms with Crippen LogP contribution in [-0.2, 0) is 32.3 Å². The zero-order valence-electron chi connectivity index (χ0n) is 27.2. The van der Waals surface area contributed by atoms with E-state index in [0.717, 1.165) is 24.3 Å². The molecule has 0 aromatic heterocycles. The predicted octanol–water partition coefficient (Wildman–Crippen LogP) is 3.29. The summed E-state index contributed by atoms with van der Waals surface area (Å²) in [4.78, 5) is 59.2. The van der Waals surface area contributed by atoms with Crippen molar-refractivity contribution in [3.05, 3.63) is 89.5 Å². The minimum absolute atomic E-state index is 0.0597. The van der Waals surface area contributed by atoms with Crippen molar-refractivity contribution in [3.8, 4) is 11.5 Å². The minimum atomic E-state index is -5.14. The van der Waals surface area contributed by atoms with Gasteiger partial charge in [-0.25, -0.2) is 4.79 Å². The maximum absolute atomic E-state index is 12.3. The number of carbonyl (C=O) groups is 5. The number of ketones is 1. The number of halogens is 3. The summed E-state index contributed by atoms with van der Waals surface area (Å²) in [6, 6.07) is 13.8. The van der Waals surface area contributed by atoms with Gasteiger partial charge in [0.2, 0.25) is 0 Å². The van der Waals surface area contributed by atoms with E-state index in [0.29, 0.717) is 5.56 Å². The first kappa shape index (κ1) is 41.8. The summed E-state index contributed by atoms with van der Waals surface area (Å²) in [6.07, 6.45) is -2.03. The summed E-state index contributed by atoms with van der Waals surface area (Å²) in [6.45, 7) is 4.01. The first-order valence-corrected chi connectivity index (χ1v) is 18.1. The number of alkyl halides is 3. The van der Waals surface area contributed by atoms with Crippen molar-refractivity contribution >= 4 is 59.9 Å². The molecule has 0 fully saturated rings. The number of nitrogens with one attached hydrogen (secondary N) is 1. The standard InChI is InChI=1S/C25H23F3O8.C8H10AsNO5/c1-3-33-23(31)20(24(32)34-4-2)14-7-16-5-8-17(9-6-16)21(29)15-35-22(30)18-10-12-19(13-11-18)36-25(26,27)28;1-5(11)10-8-6(9(13,14)15)3-2-4-7(8)12/h5-14,20H,3-4,15H2,1-2H3;2-4,12H,1H3,(H,10,11)(H2,13,14,15). The van der Waals surface area contributed by atoms with E-state index in [9.17, 15) is 46.0 Å². The number of para-hydroxylation sites is 1. The Balaban J connectivity index is 0.000000500. The Kier molecular flexibility index (Phi) is 15.7. The van der Waals surface area contributed by atoms with E-state index in [1.807, 2.05) is 0 Å². The molecule has 51 heavy (non-hydrogen) atoms. The van der Waals surface area contributed by atoms with Gasteiger partial charge in [-0.3, -0.25) is 14.4 Å². The SMILES string of the molecule is CC(=O)Nc1c(O)cccc1[As](=O)(O)O.CCOC(=O)C(C=Cc1ccc(C(=O)COC(=O)c2ccc(OC(F)(F)F)cc2)cc1)C(=O)OCC. The monoisotopic (exact) mass is 783 g/mol. The fourth-order valence-corrected chi connectivity index (χ4v) is 5.43. The van der Waals surface area contributed by atoms with E-state index in [2.05, 4.69) is 10.1 Å². The topological polar surface area (TPSA) is 212 Å². The van der Waals surface area contributed by atoms with Crippen LogP contribution in [0.3, 0.4) is 0 Å². The van der Waals surface area contributed by atoms with E-state index < -0.39 is 68.4 Å². The van der Waals surface area contributed by atoms with E-state index in [1.165, 1.54) is 49.4 Å². The average molecular weight is 784 g/mol. The number of aromatic hydroxyl groups is 1. The molecular formula is C33H33AsF3NO13. The Hall–Kier alpha value is -5.38. The first-order chi connectivity index (χ1) is 23.9. The van der Waals surface area contributed by atoms with Gasteiger partial charge >= 0.3 is 112 Å². The molecule has 18 heteroatoms. The molecule has 0 unspecified atom stereocenters. The van der Waals surface area contributed by atoms with Crippen LogP contribution in [0.2, 0.25) is 0 Å². The van der Waals surface area contributed by atoms with Crippen LogP contribution < -0.4 is 14.4 Å². The molecule has 0 aliphatic rings. The van der Waals surface area contributed by atoms with Crippen LogP contribution >= 0.6 is 0 Å². The molecule has 0 spiro atoms.